The van der Waals surface area contributed by atoms with E-state index in [0.29, 0.717) is 17.0 Å². The Morgan fingerprint density at radius 3 is 2.38 bits per heavy atom. The highest BCUT2D eigenvalue weighted by Gasteiger charge is 2.22. The number of hydrogen-bond donors (Lipinski definition) is 1. The summed E-state index contributed by atoms with van der Waals surface area (Å²) in [6.45, 7) is 14.6. The minimum absolute atomic E-state index is 0.353. The summed E-state index contributed by atoms with van der Waals surface area (Å²) in [6, 6.07) is 3.67. The second-order valence-electron chi connectivity index (χ2n) is 6.93. The van der Waals surface area contributed by atoms with E-state index in [2.05, 4.69) is 37.1 Å². The van der Waals surface area contributed by atoms with Gasteiger partial charge in [0.25, 0.3) is 0 Å². The zero-order valence-corrected chi connectivity index (χ0v) is 13.5. The van der Waals surface area contributed by atoms with Gasteiger partial charge in [-0.2, -0.15) is 0 Å². The van der Waals surface area contributed by atoms with Crippen molar-refractivity contribution in [3.63, 3.8) is 0 Å². The summed E-state index contributed by atoms with van der Waals surface area (Å²) in [5.41, 5.74) is 1.58. The van der Waals surface area contributed by atoms with Crippen LogP contribution in [0.5, 0.6) is 0 Å². The minimum Gasteiger partial charge on any atom is -0.461 e. The van der Waals surface area contributed by atoms with Crippen LogP contribution in [-0.4, -0.2) is 41.8 Å². The molecule has 0 aromatic carbocycles. The van der Waals surface area contributed by atoms with E-state index < -0.39 is 0 Å². The van der Waals surface area contributed by atoms with Crippen LogP contribution in [-0.2, 0) is 0 Å². The predicted octanol–water partition coefficient (Wildman–Crippen LogP) is 3.56. The van der Waals surface area contributed by atoms with Gasteiger partial charge in [-0.25, -0.2) is 0 Å². The molecule has 1 aliphatic rings. The Labute approximate surface area is 127 Å². The van der Waals surface area contributed by atoms with Gasteiger partial charge in [-0.05, 0) is 30.4 Å². The average molecular weight is 289 g/mol. The van der Waals surface area contributed by atoms with Crippen LogP contribution in [0.4, 0.5) is 0 Å². The molecule has 2 heterocycles. The third-order valence-electron chi connectivity index (χ3n) is 3.96. The number of rotatable bonds is 4. The quantitative estimate of drug-likeness (QED) is 0.681. The molecule has 116 valence electrons. The SMILES string of the molecule is C=C(CCC(C)(C)C)N1CCN(C(=N)c2ccco2)CC1. The first-order valence-corrected chi connectivity index (χ1v) is 7.67. The van der Waals surface area contributed by atoms with E-state index in [1.807, 2.05) is 12.1 Å². The van der Waals surface area contributed by atoms with Crippen LogP contribution in [0, 0.1) is 10.8 Å². The number of amidine groups is 1. The van der Waals surface area contributed by atoms with E-state index in [1.165, 1.54) is 5.70 Å². The molecule has 1 aliphatic heterocycles. The molecule has 1 aromatic rings. The van der Waals surface area contributed by atoms with Gasteiger partial charge in [0.05, 0.1) is 6.26 Å². The first-order chi connectivity index (χ1) is 9.87. The van der Waals surface area contributed by atoms with Gasteiger partial charge in [-0.3, -0.25) is 5.41 Å². The lowest BCUT2D eigenvalue weighted by molar-refractivity contribution is 0.210. The molecule has 1 saturated heterocycles. The molecule has 0 saturated carbocycles. The van der Waals surface area contributed by atoms with Crippen molar-refractivity contribution in [1.29, 1.82) is 5.41 Å². The molecule has 0 amide bonds. The van der Waals surface area contributed by atoms with Crippen molar-refractivity contribution in [3.8, 4) is 0 Å². The topological polar surface area (TPSA) is 43.5 Å². The van der Waals surface area contributed by atoms with Crippen LogP contribution < -0.4 is 0 Å². The fourth-order valence-electron chi connectivity index (χ4n) is 2.49. The van der Waals surface area contributed by atoms with Gasteiger partial charge in [0.15, 0.2) is 11.6 Å². The first-order valence-electron chi connectivity index (χ1n) is 7.67. The Hall–Kier alpha value is -1.71. The molecular formula is C17H27N3O. The van der Waals surface area contributed by atoms with E-state index in [-0.39, 0.29) is 0 Å². The number of nitrogens with zero attached hydrogens (tertiary/aromatic N) is 2. The molecule has 1 fully saturated rings. The van der Waals surface area contributed by atoms with Crippen molar-refractivity contribution in [2.24, 2.45) is 5.41 Å². The molecule has 1 aromatic heterocycles. The first kappa shape index (κ1) is 15.7. The van der Waals surface area contributed by atoms with Crippen LogP contribution >= 0.6 is 0 Å². The smallest absolute Gasteiger partial charge is 0.168 e. The highest BCUT2D eigenvalue weighted by atomic mass is 16.3. The Bertz CT molecular complexity index is 477. The number of allylic oxidation sites excluding steroid dienone is 1. The predicted molar refractivity (Wildman–Crippen MR) is 86.5 cm³/mol. The van der Waals surface area contributed by atoms with Crippen LogP contribution in [0.25, 0.3) is 0 Å². The van der Waals surface area contributed by atoms with Crippen LogP contribution in [0.2, 0.25) is 0 Å². The fraction of sp³-hybridized carbons (Fsp3) is 0.588. The molecule has 0 atom stereocenters. The van der Waals surface area contributed by atoms with Crippen molar-refractivity contribution < 1.29 is 4.42 Å². The summed E-state index contributed by atoms with van der Waals surface area (Å²) in [4.78, 5) is 4.43. The molecule has 4 heteroatoms. The Balaban J connectivity index is 1.80. The second kappa shape index (κ2) is 6.37. The van der Waals surface area contributed by atoms with Crippen molar-refractivity contribution in [2.45, 2.75) is 33.6 Å². The Kier molecular flexibility index (Phi) is 4.76. The van der Waals surface area contributed by atoms with E-state index in [1.54, 1.807) is 6.26 Å². The van der Waals surface area contributed by atoms with Gasteiger partial charge in [0.2, 0.25) is 0 Å². The molecule has 21 heavy (non-hydrogen) atoms. The molecule has 0 aliphatic carbocycles. The molecule has 2 rings (SSSR count). The zero-order valence-electron chi connectivity index (χ0n) is 13.5. The summed E-state index contributed by atoms with van der Waals surface area (Å²) in [7, 11) is 0. The van der Waals surface area contributed by atoms with E-state index in [0.717, 1.165) is 39.0 Å². The lowest BCUT2D eigenvalue weighted by Gasteiger charge is -2.38. The molecule has 0 spiro atoms. The minimum atomic E-state index is 0.353. The monoisotopic (exact) mass is 289 g/mol. The molecule has 0 unspecified atom stereocenters. The summed E-state index contributed by atoms with van der Waals surface area (Å²) in [6.07, 6.45) is 3.84. The van der Waals surface area contributed by atoms with Crippen molar-refractivity contribution >= 4 is 5.84 Å². The maximum Gasteiger partial charge on any atom is 0.168 e. The summed E-state index contributed by atoms with van der Waals surface area (Å²) >= 11 is 0. The van der Waals surface area contributed by atoms with Crippen molar-refractivity contribution in [1.82, 2.24) is 9.80 Å². The number of furan rings is 1. The standard InChI is InChI=1S/C17H27N3O/c1-14(7-8-17(2,3)4)19-9-11-20(12-10-19)16(18)15-6-5-13-21-15/h5-6,13,18H,1,7-12H2,2-4H3. The lowest BCUT2D eigenvalue weighted by Crippen LogP contribution is -2.48. The van der Waals surface area contributed by atoms with Gasteiger partial charge in [0, 0.05) is 31.9 Å². The maximum absolute atomic E-state index is 8.17. The third-order valence-corrected chi connectivity index (χ3v) is 3.96. The molecular weight excluding hydrogens is 262 g/mol. The van der Waals surface area contributed by atoms with Crippen LogP contribution in [0.1, 0.15) is 39.4 Å². The number of hydrogen-bond acceptors (Lipinski definition) is 3. The highest BCUT2D eigenvalue weighted by Crippen LogP contribution is 2.24. The summed E-state index contributed by atoms with van der Waals surface area (Å²) in [5, 5.41) is 8.17. The molecule has 4 nitrogen and oxygen atoms in total. The summed E-state index contributed by atoms with van der Waals surface area (Å²) < 4.78 is 5.30. The third kappa shape index (κ3) is 4.38. The van der Waals surface area contributed by atoms with Gasteiger partial charge in [-0.1, -0.05) is 27.4 Å². The van der Waals surface area contributed by atoms with E-state index >= 15 is 0 Å². The van der Waals surface area contributed by atoms with Crippen LogP contribution in [0.15, 0.2) is 35.1 Å². The Morgan fingerprint density at radius 1 is 1.24 bits per heavy atom. The second-order valence-corrected chi connectivity index (χ2v) is 6.93. The van der Waals surface area contributed by atoms with Gasteiger partial charge >= 0.3 is 0 Å². The normalized spacial score (nSPS) is 16.1. The van der Waals surface area contributed by atoms with Gasteiger partial charge in [-0.15, -0.1) is 0 Å². The van der Waals surface area contributed by atoms with Gasteiger partial charge in [0.1, 0.15) is 0 Å². The van der Waals surface area contributed by atoms with Gasteiger partial charge < -0.3 is 14.2 Å². The Morgan fingerprint density at radius 2 is 1.86 bits per heavy atom. The highest BCUT2D eigenvalue weighted by molar-refractivity contribution is 5.93. The number of nitrogens with one attached hydrogen (secondary N) is 1. The average Bonchev–Trinajstić information content (AvgIpc) is 2.97. The van der Waals surface area contributed by atoms with E-state index in [4.69, 9.17) is 9.83 Å². The fourth-order valence-corrected chi connectivity index (χ4v) is 2.49. The van der Waals surface area contributed by atoms with E-state index in [9.17, 15) is 0 Å². The van der Waals surface area contributed by atoms with Crippen molar-refractivity contribution in [3.05, 3.63) is 36.4 Å². The largest absolute Gasteiger partial charge is 0.461 e. The molecule has 0 radical (unpaired) electrons. The summed E-state index contributed by atoms with van der Waals surface area (Å²) in [5.74, 6) is 1.13. The van der Waals surface area contributed by atoms with Crippen molar-refractivity contribution in [2.75, 3.05) is 26.2 Å². The van der Waals surface area contributed by atoms with Crippen LogP contribution in [0.3, 0.4) is 0 Å². The molecule has 0 bridgehead atoms. The maximum atomic E-state index is 8.17. The molecule has 1 N–H and O–H groups in total. The zero-order chi connectivity index (χ0) is 15.5. The lowest BCUT2D eigenvalue weighted by atomic mass is 9.90. The number of piperazine rings is 1.